The normalized spacial score (nSPS) is 11.5. The molecule has 0 amide bonds. The highest BCUT2D eigenvalue weighted by molar-refractivity contribution is 5.77. The lowest BCUT2D eigenvalue weighted by Crippen LogP contribution is -2.06. The molecule has 2 nitrogen and oxygen atoms in total. The zero-order chi connectivity index (χ0) is 12.1. The Morgan fingerprint density at radius 2 is 1.65 bits per heavy atom. The van der Waals surface area contributed by atoms with E-state index in [1.165, 1.54) is 0 Å². The number of aryl methyl sites for hydroxylation is 1. The molecule has 0 saturated carbocycles. The number of nitrogens with zero attached hydrogens (tertiary/aromatic N) is 1. The summed E-state index contributed by atoms with van der Waals surface area (Å²) in [6.45, 7) is 2.39. The third-order valence-corrected chi connectivity index (χ3v) is 2.65. The topological polar surface area (TPSA) is 26.1 Å². The van der Waals surface area contributed by atoms with Gasteiger partial charge in [0, 0.05) is 11.1 Å². The van der Waals surface area contributed by atoms with Gasteiger partial charge in [0.05, 0.1) is 0 Å². The van der Waals surface area contributed by atoms with Gasteiger partial charge in [-0.05, 0) is 18.6 Å². The van der Waals surface area contributed by atoms with Gasteiger partial charge in [0.15, 0.2) is 12.8 Å². The van der Waals surface area contributed by atoms with Gasteiger partial charge in [-0.1, -0.05) is 48.5 Å². The number of hydrogen-bond donors (Lipinski definition) is 0. The second kappa shape index (κ2) is 5.30. The maximum absolute atomic E-state index is 11.8. The van der Waals surface area contributed by atoms with Crippen LogP contribution in [0.3, 0.4) is 0 Å². The van der Waals surface area contributed by atoms with Crippen molar-refractivity contribution >= 4 is 6.21 Å². The first-order valence-corrected chi connectivity index (χ1v) is 5.64. The Morgan fingerprint density at radius 3 is 2.35 bits per heavy atom. The van der Waals surface area contributed by atoms with E-state index in [0.29, 0.717) is 6.54 Å². The monoisotopic (exact) mass is 225 g/mol. The van der Waals surface area contributed by atoms with Crippen LogP contribution in [0.5, 0.6) is 0 Å². The molecule has 0 atom stereocenters. The van der Waals surface area contributed by atoms with Crippen LogP contribution in [0.25, 0.3) is 0 Å². The summed E-state index contributed by atoms with van der Waals surface area (Å²) in [5.74, 6) is 0. The Hall–Kier alpha value is -2.09. The maximum Gasteiger partial charge on any atom is 0.182 e. The average molecular weight is 225 g/mol. The van der Waals surface area contributed by atoms with Gasteiger partial charge in [0.1, 0.15) is 0 Å². The van der Waals surface area contributed by atoms with E-state index in [1.54, 1.807) is 6.21 Å². The molecule has 0 fully saturated rings. The molecular formula is C15H15NO. The Bertz CT molecular complexity index is 517. The lowest BCUT2D eigenvalue weighted by Gasteiger charge is -2.05. The molecule has 0 spiro atoms. The van der Waals surface area contributed by atoms with E-state index in [1.807, 2.05) is 61.5 Å². The van der Waals surface area contributed by atoms with Crippen molar-refractivity contribution in [2.24, 2.45) is 0 Å². The highest BCUT2D eigenvalue weighted by atomic mass is 16.5. The van der Waals surface area contributed by atoms with Crippen molar-refractivity contribution in [2.75, 3.05) is 0 Å². The summed E-state index contributed by atoms with van der Waals surface area (Å²) in [6.07, 6.45) is 1.64. The molecule has 0 bridgehead atoms. The Morgan fingerprint density at radius 1 is 1.00 bits per heavy atom. The molecule has 2 aromatic rings. The van der Waals surface area contributed by atoms with Crippen molar-refractivity contribution in [1.29, 1.82) is 0 Å². The second-order valence-electron chi connectivity index (χ2n) is 4.05. The first-order valence-electron chi connectivity index (χ1n) is 5.64. The predicted octanol–water partition coefficient (Wildman–Crippen LogP) is 3.12. The van der Waals surface area contributed by atoms with Crippen LogP contribution in [0.4, 0.5) is 0 Å². The first kappa shape index (κ1) is 11.4. The second-order valence-corrected chi connectivity index (χ2v) is 4.05. The van der Waals surface area contributed by atoms with Crippen molar-refractivity contribution in [3.05, 3.63) is 76.5 Å². The van der Waals surface area contributed by atoms with Crippen LogP contribution in [-0.2, 0) is 6.54 Å². The fraction of sp³-hybridized carbons (Fsp3) is 0.133. The van der Waals surface area contributed by atoms with Gasteiger partial charge in [-0.2, -0.15) is 0 Å². The van der Waals surface area contributed by atoms with Crippen molar-refractivity contribution in [3.8, 4) is 0 Å². The molecular weight excluding hydrogens is 210 g/mol. The highest BCUT2D eigenvalue weighted by Crippen LogP contribution is 2.05. The van der Waals surface area contributed by atoms with Gasteiger partial charge in [0.2, 0.25) is 0 Å². The molecule has 0 aliphatic heterocycles. The summed E-state index contributed by atoms with van der Waals surface area (Å²) in [6, 6.07) is 17.6. The minimum absolute atomic E-state index is 0.384. The molecule has 0 aromatic heterocycles. The van der Waals surface area contributed by atoms with Crippen molar-refractivity contribution in [3.63, 3.8) is 0 Å². The molecule has 0 saturated heterocycles. The summed E-state index contributed by atoms with van der Waals surface area (Å²) < 4.78 is 0.970. The summed E-state index contributed by atoms with van der Waals surface area (Å²) in [5.41, 5.74) is 3.10. The number of hydroxylamine groups is 1. The Balaban J connectivity index is 2.16. The van der Waals surface area contributed by atoms with Gasteiger partial charge in [-0.15, -0.1) is 0 Å². The van der Waals surface area contributed by atoms with E-state index >= 15 is 0 Å². The molecule has 0 heterocycles. The first-order chi connectivity index (χ1) is 8.25. The van der Waals surface area contributed by atoms with Crippen molar-refractivity contribution < 1.29 is 4.74 Å². The van der Waals surface area contributed by atoms with E-state index in [9.17, 15) is 5.21 Å². The summed E-state index contributed by atoms with van der Waals surface area (Å²) in [7, 11) is 0. The molecule has 0 aliphatic rings. The van der Waals surface area contributed by atoms with Crippen LogP contribution in [0.1, 0.15) is 16.7 Å². The van der Waals surface area contributed by atoms with Gasteiger partial charge in [-0.25, -0.2) is 4.74 Å². The predicted molar refractivity (Wildman–Crippen MR) is 70.1 cm³/mol. The molecule has 17 heavy (non-hydrogen) atoms. The summed E-state index contributed by atoms with van der Waals surface area (Å²) in [5, 5.41) is 11.8. The van der Waals surface area contributed by atoms with Crippen LogP contribution in [0, 0.1) is 12.1 Å². The number of rotatable bonds is 3. The zero-order valence-corrected chi connectivity index (χ0v) is 9.84. The molecule has 0 aliphatic carbocycles. The Labute approximate surface area is 101 Å². The van der Waals surface area contributed by atoms with Gasteiger partial charge >= 0.3 is 0 Å². The quantitative estimate of drug-likeness (QED) is 0.341. The standard InChI is InChI=1S/C15H15NO/c1-13-7-5-6-10-15(13)12-16(17)11-14-8-3-2-4-9-14/h2-10,12H,11H2,1H3/b16-12-. The van der Waals surface area contributed by atoms with E-state index < -0.39 is 0 Å². The molecule has 2 heteroatoms. The van der Waals surface area contributed by atoms with Crippen LogP contribution in [0.15, 0.2) is 54.6 Å². The summed E-state index contributed by atoms with van der Waals surface area (Å²) in [4.78, 5) is 0. The summed E-state index contributed by atoms with van der Waals surface area (Å²) >= 11 is 0. The van der Waals surface area contributed by atoms with E-state index in [0.717, 1.165) is 21.4 Å². The molecule has 2 aromatic carbocycles. The van der Waals surface area contributed by atoms with E-state index in [2.05, 4.69) is 0 Å². The third-order valence-electron chi connectivity index (χ3n) is 2.65. The zero-order valence-electron chi connectivity index (χ0n) is 9.84. The van der Waals surface area contributed by atoms with Gasteiger partial charge in [0.25, 0.3) is 0 Å². The molecule has 86 valence electrons. The van der Waals surface area contributed by atoms with Crippen LogP contribution >= 0.6 is 0 Å². The average Bonchev–Trinajstić information content (AvgIpc) is 2.33. The number of hydrogen-bond acceptors (Lipinski definition) is 1. The number of benzene rings is 2. The van der Waals surface area contributed by atoms with Crippen LogP contribution < -0.4 is 0 Å². The van der Waals surface area contributed by atoms with Gasteiger partial charge < -0.3 is 5.21 Å². The van der Waals surface area contributed by atoms with Crippen LogP contribution in [0.2, 0.25) is 0 Å². The third kappa shape index (κ3) is 3.18. The molecule has 2 rings (SSSR count). The fourth-order valence-corrected chi connectivity index (χ4v) is 1.70. The van der Waals surface area contributed by atoms with Crippen molar-refractivity contribution in [1.82, 2.24) is 0 Å². The minimum atomic E-state index is 0.384. The smallest absolute Gasteiger partial charge is 0.182 e. The molecule has 0 unspecified atom stereocenters. The molecule has 0 radical (unpaired) electrons. The fourth-order valence-electron chi connectivity index (χ4n) is 1.70. The SMILES string of the molecule is Cc1ccccc1/C=[N+](\[O-])Cc1ccccc1. The molecule has 0 N–H and O–H groups in total. The Kier molecular flexibility index (Phi) is 3.55. The van der Waals surface area contributed by atoms with Crippen LogP contribution in [-0.4, -0.2) is 11.0 Å². The lowest BCUT2D eigenvalue weighted by atomic mass is 10.1. The van der Waals surface area contributed by atoms with E-state index in [-0.39, 0.29) is 0 Å². The van der Waals surface area contributed by atoms with Gasteiger partial charge in [-0.3, -0.25) is 0 Å². The van der Waals surface area contributed by atoms with Crippen molar-refractivity contribution in [2.45, 2.75) is 13.5 Å². The minimum Gasteiger partial charge on any atom is -0.624 e. The lowest BCUT2D eigenvalue weighted by molar-refractivity contribution is -0.469. The van der Waals surface area contributed by atoms with E-state index in [4.69, 9.17) is 0 Å². The highest BCUT2D eigenvalue weighted by Gasteiger charge is 2.00. The maximum atomic E-state index is 11.8. The largest absolute Gasteiger partial charge is 0.624 e.